The van der Waals surface area contributed by atoms with Gasteiger partial charge in [0.15, 0.2) is 0 Å². The Morgan fingerprint density at radius 1 is 1.05 bits per heavy atom. The minimum absolute atomic E-state index is 0.698. The molecule has 1 fully saturated rings. The van der Waals surface area contributed by atoms with Gasteiger partial charge >= 0.3 is 0 Å². The maximum absolute atomic E-state index is 5.39. The first-order chi connectivity index (χ1) is 10.3. The standard InChI is InChI=1S/C14H19N7/c15-19-13-10-12(2-5-16-13)11-20-6-8-21(9-7-20)14-17-3-1-4-18-14/h1-5,10H,6-9,11,15H2,(H,16,19). The number of nitrogens with zero attached hydrogens (tertiary/aromatic N) is 5. The second-order valence-electron chi connectivity index (χ2n) is 5.01. The topological polar surface area (TPSA) is 83.2 Å². The molecule has 0 unspecified atom stereocenters. The zero-order valence-corrected chi connectivity index (χ0v) is 11.8. The van der Waals surface area contributed by atoms with E-state index in [1.165, 1.54) is 5.56 Å². The Balaban J connectivity index is 1.56. The summed E-state index contributed by atoms with van der Waals surface area (Å²) in [6.07, 6.45) is 5.35. The molecule has 2 aromatic heterocycles. The van der Waals surface area contributed by atoms with Gasteiger partial charge in [-0.3, -0.25) is 4.90 Å². The summed E-state index contributed by atoms with van der Waals surface area (Å²) in [6.45, 7) is 4.77. The highest BCUT2D eigenvalue weighted by Gasteiger charge is 2.18. The molecule has 3 N–H and O–H groups in total. The molecule has 0 atom stereocenters. The Labute approximate surface area is 123 Å². The van der Waals surface area contributed by atoms with Crippen LogP contribution in [-0.2, 0) is 6.54 Å². The third-order valence-electron chi connectivity index (χ3n) is 3.59. The molecule has 1 saturated heterocycles. The van der Waals surface area contributed by atoms with Crippen molar-refractivity contribution in [1.82, 2.24) is 19.9 Å². The fraction of sp³-hybridized carbons (Fsp3) is 0.357. The third kappa shape index (κ3) is 3.45. The second-order valence-corrected chi connectivity index (χ2v) is 5.01. The van der Waals surface area contributed by atoms with Crippen LogP contribution in [0.2, 0.25) is 0 Å². The van der Waals surface area contributed by atoms with Crippen molar-refractivity contribution in [2.24, 2.45) is 5.84 Å². The molecule has 1 aliphatic heterocycles. The molecular weight excluding hydrogens is 266 g/mol. The summed E-state index contributed by atoms with van der Waals surface area (Å²) in [5, 5.41) is 0. The molecule has 21 heavy (non-hydrogen) atoms. The van der Waals surface area contributed by atoms with E-state index >= 15 is 0 Å². The lowest BCUT2D eigenvalue weighted by Gasteiger charge is -2.34. The Hall–Kier alpha value is -2.25. The van der Waals surface area contributed by atoms with Crippen molar-refractivity contribution in [2.75, 3.05) is 36.5 Å². The van der Waals surface area contributed by atoms with Crippen molar-refractivity contribution in [2.45, 2.75) is 6.54 Å². The first-order valence-corrected chi connectivity index (χ1v) is 7.01. The predicted octanol–water partition coefficient (Wildman–Crippen LogP) is 0.479. The van der Waals surface area contributed by atoms with E-state index in [0.717, 1.165) is 38.7 Å². The van der Waals surface area contributed by atoms with Gasteiger partial charge < -0.3 is 10.3 Å². The molecule has 0 aromatic carbocycles. The number of nitrogens with one attached hydrogen (secondary N) is 1. The summed E-state index contributed by atoms with van der Waals surface area (Å²) in [7, 11) is 0. The molecule has 2 aromatic rings. The Morgan fingerprint density at radius 2 is 1.81 bits per heavy atom. The van der Waals surface area contributed by atoms with Crippen LogP contribution >= 0.6 is 0 Å². The van der Waals surface area contributed by atoms with Gasteiger partial charge in [0.25, 0.3) is 0 Å². The van der Waals surface area contributed by atoms with Crippen LogP contribution in [0.5, 0.6) is 0 Å². The van der Waals surface area contributed by atoms with Gasteiger partial charge in [0.05, 0.1) is 0 Å². The maximum atomic E-state index is 5.39. The predicted molar refractivity (Wildman–Crippen MR) is 81.6 cm³/mol. The SMILES string of the molecule is NNc1cc(CN2CCN(c3ncccn3)CC2)ccn1. The lowest BCUT2D eigenvalue weighted by atomic mass is 10.2. The Bertz CT molecular complexity index is 567. The summed E-state index contributed by atoms with van der Waals surface area (Å²) >= 11 is 0. The maximum Gasteiger partial charge on any atom is 0.225 e. The van der Waals surface area contributed by atoms with Gasteiger partial charge in [-0.15, -0.1) is 0 Å². The second kappa shape index (κ2) is 6.47. The largest absolute Gasteiger partial charge is 0.338 e. The van der Waals surface area contributed by atoms with E-state index in [0.29, 0.717) is 5.82 Å². The smallest absolute Gasteiger partial charge is 0.225 e. The van der Waals surface area contributed by atoms with E-state index in [4.69, 9.17) is 5.84 Å². The molecule has 0 amide bonds. The molecule has 1 aliphatic rings. The highest BCUT2D eigenvalue weighted by atomic mass is 15.3. The Morgan fingerprint density at radius 3 is 2.52 bits per heavy atom. The highest BCUT2D eigenvalue weighted by molar-refractivity contribution is 5.36. The number of aromatic nitrogens is 3. The molecule has 3 rings (SSSR count). The van der Waals surface area contributed by atoms with E-state index < -0.39 is 0 Å². The summed E-state index contributed by atoms with van der Waals surface area (Å²) in [5.41, 5.74) is 3.79. The third-order valence-corrected chi connectivity index (χ3v) is 3.59. The van der Waals surface area contributed by atoms with Gasteiger partial charge in [-0.05, 0) is 23.8 Å². The van der Waals surface area contributed by atoms with Gasteiger partial charge in [0.1, 0.15) is 5.82 Å². The van der Waals surface area contributed by atoms with Crippen LogP contribution in [0.1, 0.15) is 5.56 Å². The van der Waals surface area contributed by atoms with Gasteiger partial charge in [0, 0.05) is 51.3 Å². The molecule has 7 heteroatoms. The zero-order chi connectivity index (χ0) is 14.5. The molecule has 0 aliphatic carbocycles. The van der Waals surface area contributed by atoms with Crippen LogP contribution in [-0.4, -0.2) is 46.0 Å². The van der Waals surface area contributed by atoms with Crippen LogP contribution < -0.4 is 16.2 Å². The van der Waals surface area contributed by atoms with Crippen LogP contribution in [0.3, 0.4) is 0 Å². The van der Waals surface area contributed by atoms with Crippen molar-refractivity contribution in [1.29, 1.82) is 0 Å². The van der Waals surface area contributed by atoms with Crippen LogP contribution in [0, 0.1) is 0 Å². The molecule has 0 bridgehead atoms. The van der Waals surface area contributed by atoms with Crippen molar-refractivity contribution in [3.63, 3.8) is 0 Å². The fourth-order valence-corrected chi connectivity index (χ4v) is 2.47. The number of pyridine rings is 1. The number of nitrogens with two attached hydrogens (primary N) is 1. The van der Waals surface area contributed by atoms with E-state index in [1.807, 2.05) is 18.2 Å². The van der Waals surface area contributed by atoms with Gasteiger partial charge in [-0.1, -0.05) is 0 Å². The number of nitrogen functional groups attached to an aromatic ring is 1. The molecule has 0 saturated carbocycles. The molecular formula is C14H19N7. The van der Waals surface area contributed by atoms with E-state index in [1.54, 1.807) is 18.6 Å². The number of hydrogen-bond acceptors (Lipinski definition) is 7. The van der Waals surface area contributed by atoms with Gasteiger partial charge in [0.2, 0.25) is 5.95 Å². The monoisotopic (exact) mass is 285 g/mol. The summed E-state index contributed by atoms with van der Waals surface area (Å²) < 4.78 is 0. The molecule has 0 radical (unpaired) electrons. The quantitative estimate of drug-likeness (QED) is 0.624. The van der Waals surface area contributed by atoms with Crippen LogP contribution in [0.25, 0.3) is 0 Å². The fourth-order valence-electron chi connectivity index (χ4n) is 2.47. The van der Waals surface area contributed by atoms with E-state index in [9.17, 15) is 0 Å². The summed E-state index contributed by atoms with van der Waals surface area (Å²) in [4.78, 5) is 17.4. The highest BCUT2D eigenvalue weighted by Crippen LogP contribution is 2.13. The van der Waals surface area contributed by atoms with Crippen molar-refractivity contribution in [3.8, 4) is 0 Å². The minimum Gasteiger partial charge on any atom is -0.338 e. The van der Waals surface area contributed by atoms with Crippen molar-refractivity contribution >= 4 is 11.8 Å². The minimum atomic E-state index is 0.698. The van der Waals surface area contributed by atoms with Crippen molar-refractivity contribution in [3.05, 3.63) is 42.4 Å². The number of hydrogen-bond donors (Lipinski definition) is 2. The lowest BCUT2D eigenvalue weighted by molar-refractivity contribution is 0.248. The van der Waals surface area contributed by atoms with Gasteiger partial charge in [-0.25, -0.2) is 20.8 Å². The average Bonchev–Trinajstić information content (AvgIpc) is 2.56. The number of anilines is 2. The Kier molecular flexibility index (Phi) is 4.23. The summed E-state index contributed by atoms with van der Waals surface area (Å²) in [6, 6.07) is 5.84. The average molecular weight is 285 g/mol. The molecule has 110 valence electrons. The molecule has 7 nitrogen and oxygen atoms in total. The van der Waals surface area contributed by atoms with Crippen LogP contribution in [0.15, 0.2) is 36.8 Å². The van der Waals surface area contributed by atoms with E-state index in [2.05, 4.69) is 30.2 Å². The van der Waals surface area contributed by atoms with Crippen LogP contribution in [0.4, 0.5) is 11.8 Å². The number of hydrazine groups is 1. The lowest BCUT2D eigenvalue weighted by Crippen LogP contribution is -2.46. The van der Waals surface area contributed by atoms with Gasteiger partial charge in [-0.2, -0.15) is 0 Å². The first kappa shape index (κ1) is 13.7. The first-order valence-electron chi connectivity index (χ1n) is 7.01. The van der Waals surface area contributed by atoms with Crippen molar-refractivity contribution < 1.29 is 0 Å². The summed E-state index contributed by atoms with van der Waals surface area (Å²) in [5.74, 6) is 6.90. The molecule has 0 spiro atoms. The number of piperazine rings is 1. The van der Waals surface area contributed by atoms with E-state index in [-0.39, 0.29) is 0 Å². The number of rotatable bonds is 4. The zero-order valence-electron chi connectivity index (χ0n) is 11.8. The molecule has 3 heterocycles. The normalized spacial score (nSPS) is 16.0.